The van der Waals surface area contributed by atoms with Crippen LogP contribution in [0.1, 0.15) is 19.2 Å². The van der Waals surface area contributed by atoms with Crippen LogP contribution in [0.25, 0.3) is 0 Å². The van der Waals surface area contributed by atoms with Gasteiger partial charge in [0.15, 0.2) is 0 Å². The van der Waals surface area contributed by atoms with Gasteiger partial charge in [0.1, 0.15) is 17.5 Å². The number of hydrogen-bond acceptors (Lipinski definition) is 6. The lowest BCUT2D eigenvalue weighted by Gasteiger charge is -2.23. The first-order valence-electron chi connectivity index (χ1n) is 6.19. The average Bonchev–Trinajstić information content (AvgIpc) is 2.34. The number of aryl methyl sites for hydroxylation is 1. The number of anilines is 2. The van der Waals surface area contributed by atoms with Crippen molar-refractivity contribution in [2.24, 2.45) is 0 Å². The van der Waals surface area contributed by atoms with E-state index < -0.39 is 0 Å². The highest BCUT2D eigenvalue weighted by Crippen LogP contribution is 2.14. The number of nitrogens with two attached hydrogens (primary N) is 1. The highest BCUT2D eigenvalue weighted by molar-refractivity contribution is 5.47. The predicted molar refractivity (Wildman–Crippen MR) is 71.6 cm³/mol. The molecule has 0 saturated carbocycles. The van der Waals surface area contributed by atoms with Gasteiger partial charge in [-0.05, 0) is 6.42 Å². The van der Waals surface area contributed by atoms with E-state index in [2.05, 4.69) is 16.9 Å². The van der Waals surface area contributed by atoms with Gasteiger partial charge in [0.05, 0.1) is 13.2 Å². The molecular formula is C12H22N4O2. The van der Waals surface area contributed by atoms with E-state index in [1.54, 1.807) is 13.2 Å². The van der Waals surface area contributed by atoms with Crippen molar-refractivity contribution in [3.63, 3.8) is 0 Å². The third-order valence-electron chi connectivity index (χ3n) is 2.51. The number of nitrogens with zero attached hydrogens (tertiary/aromatic N) is 3. The summed E-state index contributed by atoms with van der Waals surface area (Å²) in [6.07, 6.45) is 1.77. The summed E-state index contributed by atoms with van der Waals surface area (Å²) in [7, 11) is 1.65. The maximum Gasteiger partial charge on any atom is 0.134 e. The minimum atomic E-state index is 0.0662. The molecule has 6 heteroatoms. The van der Waals surface area contributed by atoms with Gasteiger partial charge in [-0.1, -0.05) is 6.92 Å². The number of aromatic nitrogens is 2. The second-order valence-electron chi connectivity index (χ2n) is 4.02. The first kappa shape index (κ1) is 14.7. The lowest BCUT2D eigenvalue weighted by Crippen LogP contribution is -2.31. The molecule has 18 heavy (non-hydrogen) atoms. The monoisotopic (exact) mass is 254 g/mol. The summed E-state index contributed by atoms with van der Waals surface area (Å²) in [5, 5.41) is 9.08. The molecule has 0 saturated heterocycles. The number of methoxy groups -OCH3 is 1. The van der Waals surface area contributed by atoms with Crippen LogP contribution in [0.5, 0.6) is 0 Å². The van der Waals surface area contributed by atoms with Gasteiger partial charge >= 0.3 is 0 Å². The number of hydrogen-bond donors (Lipinski definition) is 2. The molecule has 0 bridgehead atoms. The summed E-state index contributed by atoms with van der Waals surface area (Å²) < 4.78 is 5.05. The second kappa shape index (κ2) is 7.84. The Labute approximate surface area is 108 Å². The van der Waals surface area contributed by atoms with Crippen molar-refractivity contribution in [3.05, 3.63) is 11.9 Å². The van der Waals surface area contributed by atoms with E-state index in [1.807, 2.05) is 4.90 Å². The van der Waals surface area contributed by atoms with Crippen LogP contribution >= 0.6 is 0 Å². The van der Waals surface area contributed by atoms with Crippen LogP contribution in [0.15, 0.2) is 6.07 Å². The van der Waals surface area contributed by atoms with Crippen molar-refractivity contribution in [3.8, 4) is 0 Å². The zero-order valence-corrected chi connectivity index (χ0v) is 11.1. The highest BCUT2D eigenvalue weighted by atomic mass is 16.5. The van der Waals surface area contributed by atoms with Crippen molar-refractivity contribution < 1.29 is 9.84 Å². The molecular weight excluding hydrogens is 232 g/mol. The third-order valence-corrected chi connectivity index (χ3v) is 2.51. The molecule has 0 atom stereocenters. The first-order chi connectivity index (χ1) is 8.71. The molecule has 0 radical (unpaired) electrons. The van der Waals surface area contributed by atoms with Gasteiger partial charge in [0.2, 0.25) is 0 Å². The fourth-order valence-corrected chi connectivity index (χ4v) is 1.66. The fourth-order valence-electron chi connectivity index (χ4n) is 1.66. The molecule has 0 aliphatic rings. The fraction of sp³-hybridized carbons (Fsp3) is 0.667. The first-order valence-corrected chi connectivity index (χ1v) is 6.19. The molecule has 0 fully saturated rings. The molecule has 0 amide bonds. The van der Waals surface area contributed by atoms with Crippen molar-refractivity contribution in [1.82, 2.24) is 9.97 Å². The maximum atomic E-state index is 9.08. The van der Waals surface area contributed by atoms with Crippen LogP contribution in [0.2, 0.25) is 0 Å². The number of aliphatic hydroxyl groups is 1. The molecule has 6 nitrogen and oxygen atoms in total. The van der Waals surface area contributed by atoms with E-state index >= 15 is 0 Å². The van der Waals surface area contributed by atoms with Crippen molar-refractivity contribution in [1.29, 1.82) is 0 Å². The van der Waals surface area contributed by atoms with Crippen molar-refractivity contribution in [2.45, 2.75) is 19.8 Å². The highest BCUT2D eigenvalue weighted by Gasteiger charge is 2.10. The average molecular weight is 254 g/mol. The number of aliphatic hydroxyl groups excluding tert-OH is 1. The summed E-state index contributed by atoms with van der Waals surface area (Å²) in [6.45, 7) is 3.89. The number of ether oxygens (including phenoxy) is 1. The van der Waals surface area contributed by atoms with E-state index in [0.717, 1.165) is 24.5 Å². The normalized spacial score (nSPS) is 10.6. The Hall–Kier alpha value is -1.40. The quantitative estimate of drug-likeness (QED) is 0.701. The van der Waals surface area contributed by atoms with Gasteiger partial charge in [-0.3, -0.25) is 0 Å². The van der Waals surface area contributed by atoms with Gasteiger partial charge in [-0.25, -0.2) is 9.97 Å². The Bertz CT molecular complexity index is 360. The third kappa shape index (κ3) is 4.46. The minimum Gasteiger partial charge on any atom is -0.395 e. The molecule has 102 valence electrons. The summed E-state index contributed by atoms with van der Waals surface area (Å²) in [6, 6.07) is 1.73. The summed E-state index contributed by atoms with van der Waals surface area (Å²) >= 11 is 0. The van der Waals surface area contributed by atoms with Crippen molar-refractivity contribution in [2.75, 3.05) is 44.0 Å². The molecule has 3 N–H and O–H groups in total. The van der Waals surface area contributed by atoms with Gasteiger partial charge in [0, 0.05) is 32.7 Å². The molecule has 1 aromatic rings. The molecule has 1 rings (SSSR count). The van der Waals surface area contributed by atoms with Crippen molar-refractivity contribution >= 4 is 11.6 Å². The molecule has 0 aliphatic heterocycles. The summed E-state index contributed by atoms with van der Waals surface area (Å²) in [5.74, 6) is 1.95. The van der Waals surface area contributed by atoms with Crippen LogP contribution in [0, 0.1) is 0 Å². The van der Waals surface area contributed by atoms with Gasteiger partial charge in [-0.15, -0.1) is 0 Å². The molecule has 1 aromatic heterocycles. The van der Waals surface area contributed by atoms with Gasteiger partial charge in [0.25, 0.3) is 0 Å². The second-order valence-corrected chi connectivity index (χ2v) is 4.02. The van der Waals surface area contributed by atoms with E-state index in [4.69, 9.17) is 15.6 Å². The standard InChI is InChI=1S/C12H22N4O2/c1-3-4-11-14-10(13)9-12(15-11)16(5-7-17)6-8-18-2/h9,17H,3-8H2,1-2H3,(H2,13,14,15). The minimum absolute atomic E-state index is 0.0662. The van der Waals surface area contributed by atoms with E-state index in [1.165, 1.54) is 0 Å². The number of nitrogen functional groups attached to an aromatic ring is 1. The maximum absolute atomic E-state index is 9.08. The largest absolute Gasteiger partial charge is 0.395 e. The zero-order valence-electron chi connectivity index (χ0n) is 11.1. The van der Waals surface area contributed by atoms with Crippen LogP contribution in [0.4, 0.5) is 11.6 Å². The Morgan fingerprint density at radius 2 is 2.17 bits per heavy atom. The SMILES string of the molecule is CCCc1nc(N)cc(N(CCO)CCOC)n1. The summed E-state index contributed by atoms with van der Waals surface area (Å²) in [4.78, 5) is 10.6. The van der Waals surface area contributed by atoms with Gasteiger partial charge < -0.3 is 20.5 Å². The van der Waals surface area contributed by atoms with E-state index in [9.17, 15) is 0 Å². The topological polar surface area (TPSA) is 84.5 Å². The van der Waals surface area contributed by atoms with E-state index in [-0.39, 0.29) is 6.61 Å². The Balaban J connectivity index is 2.87. The molecule has 0 aromatic carbocycles. The number of rotatable bonds is 8. The van der Waals surface area contributed by atoms with Gasteiger partial charge in [-0.2, -0.15) is 0 Å². The predicted octanol–water partition coefficient (Wildman–Crippen LogP) is 0.456. The van der Waals surface area contributed by atoms with Crippen LogP contribution < -0.4 is 10.6 Å². The van der Waals surface area contributed by atoms with E-state index in [0.29, 0.717) is 25.5 Å². The molecule has 0 aliphatic carbocycles. The Morgan fingerprint density at radius 1 is 1.39 bits per heavy atom. The smallest absolute Gasteiger partial charge is 0.134 e. The Morgan fingerprint density at radius 3 is 2.78 bits per heavy atom. The van der Waals surface area contributed by atoms with Crippen LogP contribution in [-0.2, 0) is 11.2 Å². The zero-order chi connectivity index (χ0) is 13.4. The van der Waals surface area contributed by atoms with Crippen LogP contribution in [0.3, 0.4) is 0 Å². The Kier molecular flexibility index (Phi) is 6.38. The lowest BCUT2D eigenvalue weighted by molar-refractivity contribution is 0.202. The molecule has 1 heterocycles. The molecule has 0 spiro atoms. The lowest BCUT2D eigenvalue weighted by atomic mass is 10.3. The van der Waals surface area contributed by atoms with Crippen LogP contribution in [-0.4, -0.2) is 48.5 Å². The summed E-state index contributed by atoms with van der Waals surface area (Å²) in [5.41, 5.74) is 5.78. The molecule has 0 unspecified atom stereocenters.